The molecule has 6 nitrogen and oxygen atoms in total. The van der Waals surface area contributed by atoms with Gasteiger partial charge in [0.15, 0.2) is 0 Å². The summed E-state index contributed by atoms with van der Waals surface area (Å²) in [5, 5.41) is 9.08. The van der Waals surface area contributed by atoms with Crippen molar-refractivity contribution in [2.24, 2.45) is 0 Å². The Balaban J connectivity index is 1.56. The second-order valence-electron chi connectivity index (χ2n) is 6.15. The van der Waals surface area contributed by atoms with Crippen LogP contribution in [0.25, 0.3) is 0 Å². The molecule has 2 aromatic rings. The van der Waals surface area contributed by atoms with Gasteiger partial charge in [-0.25, -0.2) is 4.98 Å². The predicted octanol–water partition coefficient (Wildman–Crippen LogP) is 3.54. The number of benzene rings is 1. The van der Waals surface area contributed by atoms with Crippen LogP contribution in [0.2, 0.25) is 0 Å². The smallest absolute Gasteiger partial charge is 0.473 e. The van der Waals surface area contributed by atoms with Gasteiger partial charge in [-0.05, 0) is 36.4 Å². The molecular weight excluding hydrogens is 375 g/mol. The maximum absolute atomic E-state index is 12.5. The Bertz CT molecular complexity index is 870. The Morgan fingerprint density at radius 1 is 1.18 bits per heavy atom. The summed E-state index contributed by atoms with van der Waals surface area (Å²) >= 11 is 0. The number of hydrogen-bond acceptors (Lipinski definition) is 5. The first-order valence-electron chi connectivity index (χ1n) is 8.52. The normalized spacial score (nSPS) is 15.0. The van der Waals surface area contributed by atoms with Crippen molar-refractivity contribution < 1.29 is 27.4 Å². The molecule has 0 spiro atoms. The van der Waals surface area contributed by atoms with Crippen molar-refractivity contribution in [2.75, 3.05) is 13.1 Å². The molecule has 0 radical (unpaired) electrons. The van der Waals surface area contributed by atoms with Crippen LogP contribution in [0.3, 0.4) is 0 Å². The van der Waals surface area contributed by atoms with E-state index in [0.29, 0.717) is 31.5 Å². The number of hydrogen-bond donors (Lipinski definition) is 0. The molecule has 1 aliphatic rings. The highest BCUT2D eigenvalue weighted by Gasteiger charge is 2.31. The van der Waals surface area contributed by atoms with E-state index in [0.717, 1.165) is 12.1 Å². The van der Waals surface area contributed by atoms with E-state index in [2.05, 4.69) is 9.72 Å². The number of halogens is 3. The first-order valence-corrected chi connectivity index (χ1v) is 8.52. The van der Waals surface area contributed by atoms with Gasteiger partial charge in [-0.3, -0.25) is 4.79 Å². The zero-order chi connectivity index (χ0) is 20.1. The lowest BCUT2D eigenvalue weighted by atomic mass is 10.1. The van der Waals surface area contributed by atoms with Crippen LogP contribution in [0.5, 0.6) is 11.6 Å². The standard InChI is InChI=1S/C19H16F3N3O3/c20-19(21,22)28-16-5-3-13(4-6-16)18(26)25-10-7-15(8-11-25)27-17-14(12-23)2-1-9-24-17/h1-6,9,15H,7-8,10-11H2. The molecule has 0 saturated carbocycles. The molecule has 0 atom stereocenters. The summed E-state index contributed by atoms with van der Waals surface area (Å²) in [4.78, 5) is 18.2. The van der Waals surface area contributed by atoms with Crippen LogP contribution in [0, 0.1) is 11.3 Å². The molecule has 1 fully saturated rings. The van der Waals surface area contributed by atoms with Crippen molar-refractivity contribution >= 4 is 5.91 Å². The lowest BCUT2D eigenvalue weighted by molar-refractivity contribution is -0.274. The van der Waals surface area contributed by atoms with Gasteiger partial charge in [-0.2, -0.15) is 5.26 Å². The second-order valence-corrected chi connectivity index (χ2v) is 6.15. The Morgan fingerprint density at radius 2 is 1.86 bits per heavy atom. The number of alkyl halides is 3. The minimum atomic E-state index is -4.77. The Labute approximate surface area is 159 Å². The molecule has 0 bridgehead atoms. The first kappa shape index (κ1) is 19.5. The number of likely N-dealkylation sites (tertiary alicyclic amines) is 1. The van der Waals surface area contributed by atoms with E-state index in [1.807, 2.05) is 6.07 Å². The number of piperidine rings is 1. The average Bonchev–Trinajstić information content (AvgIpc) is 2.68. The van der Waals surface area contributed by atoms with Gasteiger partial charge >= 0.3 is 6.36 Å². The van der Waals surface area contributed by atoms with Crippen molar-refractivity contribution in [3.8, 4) is 17.7 Å². The van der Waals surface area contributed by atoms with Gasteiger partial charge in [0.1, 0.15) is 23.5 Å². The molecule has 0 aliphatic carbocycles. The summed E-state index contributed by atoms with van der Waals surface area (Å²) in [6, 6.07) is 10.1. The lowest BCUT2D eigenvalue weighted by Gasteiger charge is -2.32. The van der Waals surface area contributed by atoms with Gasteiger partial charge < -0.3 is 14.4 Å². The maximum Gasteiger partial charge on any atom is 0.573 e. The topological polar surface area (TPSA) is 75.5 Å². The molecule has 1 aromatic heterocycles. The molecule has 0 N–H and O–H groups in total. The molecule has 2 heterocycles. The van der Waals surface area contributed by atoms with E-state index in [1.54, 1.807) is 23.2 Å². The number of aromatic nitrogens is 1. The van der Waals surface area contributed by atoms with E-state index < -0.39 is 6.36 Å². The summed E-state index contributed by atoms with van der Waals surface area (Å²) in [6.45, 7) is 0.859. The minimum Gasteiger partial charge on any atom is -0.473 e. The van der Waals surface area contributed by atoms with Crippen LogP contribution in [0.15, 0.2) is 42.6 Å². The third-order valence-corrected chi connectivity index (χ3v) is 4.23. The van der Waals surface area contributed by atoms with Crippen molar-refractivity contribution in [2.45, 2.75) is 25.3 Å². The monoisotopic (exact) mass is 391 g/mol. The molecule has 9 heteroatoms. The minimum absolute atomic E-state index is 0.173. The number of nitrogens with zero attached hydrogens (tertiary/aromatic N) is 3. The van der Waals surface area contributed by atoms with E-state index >= 15 is 0 Å². The van der Waals surface area contributed by atoms with Gasteiger partial charge in [0, 0.05) is 37.7 Å². The van der Waals surface area contributed by atoms with E-state index in [4.69, 9.17) is 10.00 Å². The molecule has 3 rings (SSSR count). The van der Waals surface area contributed by atoms with Crippen molar-refractivity contribution in [3.05, 3.63) is 53.7 Å². The molecule has 1 saturated heterocycles. The highest BCUT2D eigenvalue weighted by molar-refractivity contribution is 5.94. The number of amides is 1. The van der Waals surface area contributed by atoms with Crippen molar-refractivity contribution in [1.29, 1.82) is 5.26 Å². The molecule has 28 heavy (non-hydrogen) atoms. The van der Waals surface area contributed by atoms with E-state index in [9.17, 15) is 18.0 Å². The summed E-state index contributed by atoms with van der Waals surface area (Å²) in [6.07, 6.45) is -2.29. The number of nitriles is 1. The number of rotatable bonds is 4. The molecule has 0 unspecified atom stereocenters. The summed E-state index contributed by atoms with van der Waals surface area (Å²) in [5.74, 6) is -0.373. The third kappa shape index (κ3) is 4.91. The van der Waals surface area contributed by atoms with Crippen LogP contribution < -0.4 is 9.47 Å². The molecular formula is C19H16F3N3O3. The van der Waals surface area contributed by atoms with Crippen LogP contribution in [0.4, 0.5) is 13.2 Å². The number of carbonyl (C=O) groups is 1. The second kappa shape index (κ2) is 8.17. The van der Waals surface area contributed by atoms with Crippen molar-refractivity contribution in [3.63, 3.8) is 0 Å². The first-order chi connectivity index (χ1) is 13.4. The lowest BCUT2D eigenvalue weighted by Crippen LogP contribution is -2.41. The largest absolute Gasteiger partial charge is 0.573 e. The third-order valence-electron chi connectivity index (χ3n) is 4.23. The zero-order valence-electron chi connectivity index (χ0n) is 14.6. The van der Waals surface area contributed by atoms with Crippen LogP contribution in [-0.2, 0) is 0 Å². The Morgan fingerprint density at radius 3 is 2.46 bits per heavy atom. The van der Waals surface area contributed by atoms with Gasteiger partial charge in [0.05, 0.1) is 0 Å². The number of pyridine rings is 1. The molecule has 1 aliphatic heterocycles. The zero-order valence-corrected chi connectivity index (χ0v) is 14.6. The van der Waals surface area contributed by atoms with Gasteiger partial charge in [0.2, 0.25) is 5.88 Å². The van der Waals surface area contributed by atoms with Crippen LogP contribution >= 0.6 is 0 Å². The van der Waals surface area contributed by atoms with E-state index in [-0.39, 0.29) is 29.2 Å². The highest BCUT2D eigenvalue weighted by atomic mass is 19.4. The number of ether oxygens (including phenoxy) is 2. The van der Waals surface area contributed by atoms with E-state index in [1.165, 1.54) is 12.1 Å². The van der Waals surface area contributed by atoms with Gasteiger partial charge in [-0.15, -0.1) is 13.2 Å². The van der Waals surface area contributed by atoms with Crippen LogP contribution in [-0.4, -0.2) is 41.3 Å². The highest BCUT2D eigenvalue weighted by Crippen LogP contribution is 2.24. The quantitative estimate of drug-likeness (QED) is 0.797. The maximum atomic E-state index is 12.5. The predicted molar refractivity (Wildman–Crippen MR) is 91.6 cm³/mol. The summed E-state index contributed by atoms with van der Waals surface area (Å²) < 4.78 is 46.2. The Kier molecular flexibility index (Phi) is 5.68. The molecule has 1 aromatic carbocycles. The molecule has 1 amide bonds. The van der Waals surface area contributed by atoms with Gasteiger partial charge in [0.25, 0.3) is 5.91 Å². The van der Waals surface area contributed by atoms with Crippen LogP contribution in [0.1, 0.15) is 28.8 Å². The fourth-order valence-corrected chi connectivity index (χ4v) is 2.89. The fraction of sp³-hybridized carbons (Fsp3) is 0.316. The Hall–Kier alpha value is -3.28. The van der Waals surface area contributed by atoms with Crippen molar-refractivity contribution in [1.82, 2.24) is 9.88 Å². The summed E-state index contributed by atoms with van der Waals surface area (Å²) in [5.41, 5.74) is 0.632. The molecule has 146 valence electrons. The van der Waals surface area contributed by atoms with Gasteiger partial charge in [-0.1, -0.05) is 0 Å². The number of carbonyl (C=O) groups excluding carboxylic acids is 1. The fourth-order valence-electron chi connectivity index (χ4n) is 2.89. The SMILES string of the molecule is N#Cc1cccnc1OC1CCN(C(=O)c2ccc(OC(F)(F)F)cc2)CC1. The average molecular weight is 391 g/mol. The summed E-state index contributed by atoms with van der Waals surface area (Å²) in [7, 11) is 0.